The largest absolute Gasteiger partial charge is 0.380 e. The van der Waals surface area contributed by atoms with Crippen LogP contribution in [0.15, 0.2) is 47.7 Å². The van der Waals surface area contributed by atoms with Gasteiger partial charge in [0.15, 0.2) is 5.96 Å². The molecule has 0 spiro atoms. The van der Waals surface area contributed by atoms with Crippen LogP contribution in [-0.4, -0.2) is 42.5 Å². The fourth-order valence-electron chi connectivity index (χ4n) is 2.69. The van der Waals surface area contributed by atoms with E-state index in [0.717, 1.165) is 31.4 Å². The molecule has 6 nitrogen and oxygen atoms in total. The highest BCUT2D eigenvalue weighted by molar-refractivity contribution is 5.80. The van der Waals surface area contributed by atoms with Gasteiger partial charge in [-0.1, -0.05) is 19.1 Å². The van der Waals surface area contributed by atoms with Crippen LogP contribution in [0.5, 0.6) is 0 Å². The minimum atomic E-state index is 0.136. The molecule has 1 aromatic carbocycles. The van der Waals surface area contributed by atoms with Crippen molar-refractivity contribution >= 4 is 5.96 Å². The molecule has 3 rings (SSSR count). The number of hydrogen-bond donors (Lipinski definition) is 2. The number of nitrogens with one attached hydrogen (secondary N) is 2. The molecule has 1 unspecified atom stereocenters. The number of aliphatic imine (C=N–C) groups is 1. The highest BCUT2D eigenvalue weighted by atomic mass is 16.5. The molecule has 6 heteroatoms. The van der Waals surface area contributed by atoms with Gasteiger partial charge in [0.25, 0.3) is 0 Å². The summed E-state index contributed by atoms with van der Waals surface area (Å²) in [5.41, 5.74) is 2.44. The minimum absolute atomic E-state index is 0.136. The Balaban J connectivity index is 1.63. The van der Waals surface area contributed by atoms with Crippen molar-refractivity contribution in [1.29, 1.82) is 0 Å². The molecule has 128 valence electrons. The van der Waals surface area contributed by atoms with E-state index in [2.05, 4.69) is 46.7 Å². The summed E-state index contributed by atoms with van der Waals surface area (Å²) in [6.07, 6.45) is 3.73. The number of aromatic nitrogens is 2. The van der Waals surface area contributed by atoms with E-state index in [0.29, 0.717) is 0 Å². The quantitative estimate of drug-likeness (QED) is 0.652. The van der Waals surface area contributed by atoms with Crippen LogP contribution < -0.4 is 10.6 Å². The highest BCUT2D eigenvalue weighted by Gasteiger charge is 2.33. The standard InChI is InChI=1S/C18H25N5O/c1-14(22-17(19-3)20-11-18(2)12-24-13-18)15-6-4-7-16(10-15)23-9-5-8-21-23/h4-10,14H,11-13H2,1-3H3,(H2,19,20,22). The molecule has 1 aromatic heterocycles. The lowest BCUT2D eigenvalue weighted by Gasteiger charge is -2.38. The Morgan fingerprint density at radius 2 is 2.25 bits per heavy atom. The third kappa shape index (κ3) is 3.76. The molecule has 0 aliphatic carbocycles. The molecule has 1 aliphatic heterocycles. The van der Waals surface area contributed by atoms with Gasteiger partial charge in [-0.25, -0.2) is 4.68 Å². The Morgan fingerprint density at radius 3 is 2.88 bits per heavy atom. The summed E-state index contributed by atoms with van der Waals surface area (Å²) >= 11 is 0. The Hall–Kier alpha value is -2.34. The van der Waals surface area contributed by atoms with Gasteiger partial charge in [0.05, 0.1) is 24.9 Å². The van der Waals surface area contributed by atoms with Crippen LogP contribution in [0.3, 0.4) is 0 Å². The molecule has 2 heterocycles. The first-order chi connectivity index (χ1) is 11.6. The Morgan fingerprint density at radius 1 is 1.42 bits per heavy atom. The second kappa shape index (κ2) is 7.05. The average Bonchev–Trinajstić information content (AvgIpc) is 3.11. The van der Waals surface area contributed by atoms with Crippen LogP contribution in [-0.2, 0) is 4.74 Å². The third-order valence-corrected chi connectivity index (χ3v) is 4.30. The maximum atomic E-state index is 5.29. The van der Waals surface area contributed by atoms with E-state index in [-0.39, 0.29) is 11.5 Å². The summed E-state index contributed by atoms with van der Waals surface area (Å²) < 4.78 is 7.16. The molecule has 1 aliphatic rings. The maximum absolute atomic E-state index is 5.29. The average molecular weight is 327 g/mol. The van der Waals surface area contributed by atoms with Gasteiger partial charge in [0, 0.05) is 31.4 Å². The number of hydrogen-bond acceptors (Lipinski definition) is 3. The molecular weight excluding hydrogens is 302 g/mol. The summed E-state index contributed by atoms with van der Waals surface area (Å²) in [5, 5.41) is 11.1. The molecule has 0 saturated carbocycles. The van der Waals surface area contributed by atoms with Crippen LogP contribution in [0.1, 0.15) is 25.5 Å². The minimum Gasteiger partial charge on any atom is -0.380 e. The number of nitrogens with zero attached hydrogens (tertiary/aromatic N) is 3. The Kier molecular flexibility index (Phi) is 4.85. The number of benzene rings is 1. The molecule has 0 radical (unpaired) electrons. The lowest BCUT2D eigenvalue weighted by atomic mass is 9.89. The van der Waals surface area contributed by atoms with Crippen molar-refractivity contribution in [2.24, 2.45) is 10.4 Å². The van der Waals surface area contributed by atoms with Crippen molar-refractivity contribution in [1.82, 2.24) is 20.4 Å². The van der Waals surface area contributed by atoms with Crippen molar-refractivity contribution in [3.05, 3.63) is 48.3 Å². The third-order valence-electron chi connectivity index (χ3n) is 4.30. The van der Waals surface area contributed by atoms with Gasteiger partial charge in [-0.05, 0) is 30.7 Å². The van der Waals surface area contributed by atoms with Gasteiger partial charge in [0.2, 0.25) is 0 Å². The maximum Gasteiger partial charge on any atom is 0.191 e. The van der Waals surface area contributed by atoms with Gasteiger partial charge in [0.1, 0.15) is 0 Å². The summed E-state index contributed by atoms with van der Waals surface area (Å²) in [7, 11) is 1.79. The van der Waals surface area contributed by atoms with Gasteiger partial charge >= 0.3 is 0 Å². The fourth-order valence-corrected chi connectivity index (χ4v) is 2.69. The molecular formula is C18H25N5O. The molecule has 2 N–H and O–H groups in total. The van der Waals surface area contributed by atoms with Gasteiger partial charge in [-0.2, -0.15) is 5.10 Å². The van der Waals surface area contributed by atoms with Gasteiger partial charge in [-0.3, -0.25) is 4.99 Å². The van der Waals surface area contributed by atoms with Crippen LogP contribution in [0.2, 0.25) is 0 Å². The summed E-state index contributed by atoms with van der Waals surface area (Å²) in [5.74, 6) is 0.806. The van der Waals surface area contributed by atoms with E-state index < -0.39 is 0 Å². The SMILES string of the molecule is CN=C(NCC1(C)COC1)NC(C)c1cccc(-n2cccn2)c1. The van der Waals surface area contributed by atoms with E-state index in [1.165, 1.54) is 5.56 Å². The number of ether oxygens (including phenoxy) is 1. The first-order valence-electron chi connectivity index (χ1n) is 8.25. The summed E-state index contributed by atoms with van der Waals surface area (Å²) in [6, 6.07) is 10.4. The van der Waals surface area contributed by atoms with Gasteiger partial charge in [-0.15, -0.1) is 0 Å². The topological polar surface area (TPSA) is 63.5 Å². The van der Waals surface area contributed by atoms with Crippen LogP contribution in [0.4, 0.5) is 0 Å². The van der Waals surface area contributed by atoms with E-state index in [1.807, 2.05) is 29.1 Å². The fraction of sp³-hybridized carbons (Fsp3) is 0.444. The second-order valence-electron chi connectivity index (χ2n) is 6.64. The highest BCUT2D eigenvalue weighted by Crippen LogP contribution is 2.25. The first kappa shape index (κ1) is 16.5. The zero-order valence-corrected chi connectivity index (χ0v) is 14.5. The lowest BCUT2D eigenvalue weighted by molar-refractivity contribution is -0.0971. The van der Waals surface area contributed by atoms with Crippen molar-refractivity contribution in [2.75, 3.05) is 26.8 Å². The van der Waals surface area contributed by atoms with Crippen molar-refractivity contribution in [3.63, 3.8) is 0 Å². The Labute approximate surface area is 142 Å². The van der Waals surface area contributed by atoms with E-state index in [9.17, 15) is 0 Å². The van der Waals surface area contributed by atoms with Crippen molar-refractivity contribution < 1.29 is 4.74 Å². The monoisotopic (exact) mass is 327 g/mol. The zero-order valence-electron chi connectivity index (χ0n) is 14.5. The van der Waals surface area contributed by atoms with Crippen LogP contribution in [0.25, 0.3) is 5.69 Å². The predicted octanol–water partition coefficient (Wildman–Crippen LogP) is 2.13. The molecule has 2 aromatic rings. The van der Waals surface area contributed by atoms with E-state index in [1.54, 1.807) is 13.2 Å². The number of rotatable bonds is 5. The molecule has 1 atom stereocenters. The predicted molar refractivity (Wildman–Crippen MR) is 95.4 cm³/mol. The molecule has 0 amide bonds. The molecule has 24 heavy (non-hydrogen) atoms. The summed E-state index contributed by atoms with van der Waals surface area (Å²) in [4.78, 5) is 4.32. The number of guanidine groups is 1. The van der Waals surface area contributed by atoms with Gasteiger partial charge < -0.3 is 15.4 Å². The lowest BCUT2D eigenvalue weighted by Crippen LogP contribution is -2.51. The van der Waals surface area contributed by atoms with E-state index in [4.69, 9.17) is 4.74 Å². The zero-order chi connectivity index (χ0) is 17.0. The summed E-state index contributed by atoms with van der Waals surface area (Å²) in [6.45, 7) is 6.81. The normalized spacial score (nSPS) is 17.9. The van der Waals surface area contributed by atoms with Crippen LogP contribution in [0, 0.1) is 5.41 Å². The smallest absolute Gasteiger partial charge is 0.191 e. The van der Waals surface area contributed by atoms with E-state index >= 15 is 0 Å². The molecule has 1 saturated heterocycles. The first-order valence-corrected chi connectivity index (χ1v) is 8.25. The molecule has 0 bridgehead atoms. The second-order valence-corrected chi connectivity index (χ2v) is 6.64. The molecule has 1 fully saturated rings. The van der Waals surface area contributed by atoms with Crippen molar-refractivity contribution in [2.45, 2.75) is 19.9 Å². The van der Waals surface area contributed by atoms with Crippen molar-refractivity contribution in [3.8, 4) is 5.69 Å². The Bertz CT molecular complexity index is 691. The van der Waals surface area contributed by atoms with Crippen LogP contribution >= 0.6 is 0 Å².